The zero-order valence-electron chi connectivity index (χ0n) is 29.4. The first-order valence-electron chi connectivity index (χ1n) is 19.3. The summed E-state index contributed by atoms with van der Waals surface area (Å²) in [5.74, 6) is 1.99. The number of carbonyl (C=O) groups excluding carboxylic acids is 1. The maximum atomic E-state index is 13.5. The number of carbonyl (C=O) groups is 1. The van der Waals surface area contributed by atoms with Gasteiger partial charge in [0, 0.05) is 35.6 Å². The molecule has 6 heterocycles. The molecule has 0 saturated carbocycles. The van der Waals surface area contributed by atoms with Crippen LogP contribution >= 0.6 is 0 Å². The van der Waals surface area contributed by atoms with E-state index in [-0.39, 0.29) is 18.1 Å². The summed E-state index contributed by atoms with van der Waals surface area (Å²) < 4.78 is 6.05. The van der Waals surface area contributed by atoms with Crippen LogP contribution in [0, 0.1) is 0 Å². The average molecular weight is 635 g/mol. The van der Waals surface area contributed by atoms with Gasteiger partial charge in [-0.2, -0.15) is 0 Å². The molecule has 0 amide bonds. The molecule has 6 rings (SSSR count). The quantitative estimate of drug-likeness (QED) is 0.126. The number of allylic oxidation sites excluding steroid dienone is 2. The van der Waals surface area contributed by atoms with Crippen LogP contribution in [0.5, 0.6) is 0 Å². The van der Waals surface area contributed by atoms with E-state index in [9.17, 15) is 4.79 Å². The summed E-state index contributed by atoms with van der Waals surface area (Å²) in [5.41, 5.74) is 3.45. The molecular weight excluding hydrogens is 572 g/mol. The number of hydrogen-bond acceptors (Lipinski definition) is 8. The molecule has 4 saturated heterocycles. The Bertz CT molecular complexity index is 1190. The second-order valence-corrected chi connectivity index (χ2v) is 15.2. The summed E-state index contributed by atoms with van der Waals surface area (Å²) in [7, 11) is 0. The first kappa shape index (κ1) is 33.4. The highest BCUT2D eigenvalue weighted by Crippen LogP contribution is 2.40. The highest BCUT2D eigenvalue weighted by Gasteiger charge is 2.44. The fourth-order valence-electron chi connectivity index (χ4n) is 9.03. The summed E-state index contributed by atoms with van der Waals surface area (Å²) in [4.78, 5) is 28.2. The smallest absolute Gasteiger partial charge is 0.338 e. The Labute approximate surface area is 279 Å². The lowest BCUT2D eigenvalue weighted by molar-refractivity contribution is -0.144. The van der Waals surface area contributed by atoms with Gasteiger partial charge in [-0.3, -0.25) is 0 Å². The van der Waals surface area contributed by atoms with Crippen molar-refractivity contribution in [2.45, 2.75) is 198 Å². The maximum Gasteiger partial charge on any atom is 0.338 e. The van der Waals surface area contributed by atoms with Gasteiger partial charge in [0.05, 0.1) is 23.8 Å². The van der Waals surface area contributed by atoms with Crippen molar-refractivity contribution in [3.63, 3.8) is 0 Å². The second kappa shape index (κ2) is 15.6. The van der Waals surface area contributed by atoms with Crippen LogP contribution < -0.4 is 10.6 Å². The lowest BCUT2D eigenvalue weighted by Gasteiger charge is -2.42. The minimum atomic E-state index is -0.150. The van der Waals surface area contributed by atoms with E-state index in [1.807, 2.05) is 0 Å². The third-order valence-electron chi connectivity index (χ3n) is 11.4. The Kier molecular flexibility index (Phi) is 11.3. The van der Waals surface area contributed by atoms with E-state index in [1.54, 1.807) is 0 Å². The molecule has 7 atom stereocenters. The van der Waals surface area contributed by atoms with Gasteiger partial charge in [-0.15, -0.1) is 0 Å². The molecule has 0 bridgehead atoms. The van der Waals surface area contributed by atoms with E-state index in [2.05, 4.69) is 54.2 Å². The first-order chi connectivity index (χ1) is 22.4. The molecule has 0 radical (unpaired) electrons. The van der Waals surface area contributed by atoms with Gasteiger partial charge in [0.2, 0.25) is 0 Å². The Hall–Kier alpha value is -2.51. The van der Waals surface area contributed by atoms with Crippen molar-refractivity contribution in [1.82, 2.24) is 20.4 Å². The number of hydrogen-bond donors (Lipinski definition) is 2. The van der Waals surface area contributed by atoms with E-state index < -0.39 is 0 Å². The molecule has 0 unspecified atom stereocenters. The fourth-order valence-corrected chi connectivity index (χ4v) is 9.03. The Morgan fingerprint density at radius 3 is 2.17 bits per heavy atom. The van der Waals surface area contributed by atoms with Crippen molar-refractivity contribution in [2.75, 3.05) is 0 Å². The van der Waals surface area contributed by atoms with Gasteiger partial charge in [-0.05, 0) is 91.1 Å². The molecule has 2 N–H and O–H groups in total. The third-order valence-corrected chi connectivity index (χ3v) is 11.4. The monoisotopic (exact) mass is 634 g/mol. The van der Waals surface area contributed by atoms with E-state index in [1.165, 1.54) is 108 Å². The molecule has 4 fully saturated rings. The highest BCUT2D eigenvalue weighted by molar-refractivity contribution is 5.96. The third kappa shape index (κ3) is 7.78. The van der Waals surface area contributed by atoms with E-state index in [4.69, 9.17) is 14.7 Å². The van der Waals surface area contributed by atoms with Crippen LogP contribution in [0.3, 0.4) is 0 Å². The zero-order chi connectivity index (χ0) is 32.0. The van der Waals surface area contributed by atoms with Gasteiger partial charge in [-0.1, -0.05) is 71.1 Å². The number of esters is 1. The second-order valence-electron chi connectivity index (χ2n) is 15.2. The van der Waals surface area contributed by atoms with Crippen molar-refractivity contribution in [3.05, 3.63) is 23.0 Å². The van der Waals surface area contributed by atoms with E-state index in [0.29, 0.717) is 30.2 Å². The van der Waals surface area contributed by atoms with Crippen LogP contribution in [-0.2, 0) is 9.53 Å². The lowest BCUT2D eigenvalue weighted by Crippen LogP contribution is -2.56. The summed E-state index contributed by atoms with van der Waals surface area (Å²) in [6.07, 6.45) is 26.7. The summed E-state index contributed by atoms with van der Waals surface area (Å²) in [6.45, 7) is 8.60. The number of aliphatic imine (C=N–C) groups is 2. The molecule has 0 spiro atoms. The van der Waals surface area contributed by atoms with Gasteiger partial charge >= 0.3 is 5.97 Å². The van der Waals surface area contributed by atoms with E-state index in [0.717, 1.165) is 49.6 Å². The van der Waals surface area contributed by atoms with Crippen LogP contribution in [-0.4, -0.2) is 70.0 Å². The topological polar surface area (TPSA) is 81.6 Å². The Morgan fingerprint density at radius 1 is 0.848 bits per heavy atom. The molecule has 6 aliphatic rings. The first-order valence-corrected chi connectivity index (χ1v) is 19.3. The van der Waals surface area contributed by atoms with Crippen molar-refractivity contribution < 1.29 is 9.53 Å². The highest BCUT2D eigenvalue weighted by atomic mass is 16.5. The summed E-state index contributed by atoms with van der Waals surface area (Å²) >= 11 is 0. The number of guanidine groups is 2. The van der Waals surface area contributed by atoms with Crippen molar-refractivity contribution in [3.8, 4) is 0 Å². The van der Waals surface area contributed by atoms with E-state index >= 15 is 0 Å². The Morgan fingerprint density at radius 2 is 1.46 bits per heavy atom. The predicted octanol–water partition coefficient (Wildman–Crippen LogP) is 7.71. The molecule has 8 nitrogen and oxygen atoms in total. The van der Waals surface area contributed by atoms with Gasteiger partial charge in [0.25, 0.3) is 0 Å². The SMILES string of the molecule is CCCCCCCC[C@@H]1C[C@@H]2CCC3=C(C(=O)O[C@H](C)CCCCCCC[C@@H]4C[C@@H]5CCC6=C[C@H](C)N=C(N4)N65)[C@H](C)N=C(N1)N32. The van der Waals surface area contributed by atoms with Crippen LogP contribution in [0.15, 0.2) is 33.0 Å². The molecule has 8 heteroatoms. The maximum absolute atomic E-state index is 13.5. The molecule has 0 aromatic rings. The zero-order valence-corrected chi connectivity index (χ0v) is 29.4. The molecule has 256 valence electrons. The predicted molar refractivity (Wildman–Crippen MR) is 188 cm³/mol. The minimum Gasteiger partial charge on any atom is -0.459 e. The van der Waals surface area contributed by atoms with Crippen molar-refractivity contribution in [2.24, 2.45) is 9.98 Å². The van der Waals surface area contributed by atoms with Crippen molar-refractivity contribution in [1.29, 1.82) is 0 Å². The largest absolute Gasteiger partial charge is 0.459 e. The lowest BCUT2D eigenvalue weighted by atomic mass is 9.97. The fraction of sp³-hybridized carbons (Fsp3) is 0.816. The van der Waals surface area contributed by atoms with Crippen LogP contribution in [0.2, 0.25) is 0 Å². The number of rotatable bonds is 17. The normalized spacial score (nSPS) is 30.1. The van der Waals surface area contributed by atoms with Crippen LogP contribution in [0.25, 0.3) is 0 Å². The number of unbranched alkanes of at least 4 members (excludes halogenated alkanes) is 9. The Balaban J connectivity index is 0.872. The minimum absolute atomic E-state index is 0.0602. The summed E-state index contributed by atoms with van der Waals surface area (Å²) in [5, 5.41) is 7.51. The molecule has 6 aliphatic heterocycles. The molecule has 0 aromatic carbocycles. The van der Waals surface area contributed by atoms with Gasteiger partial charge < -0.3 is 25.2 Å². The standard InChI is InChI=1S/C38H62N6O2/c1-5-6-7-8-11-14-18-30-25-33-21-22-34-35(28(4)40-38(42-30)44(33)34)36(45)46-27(3)16-13-10-9-12-15-17-29-24-32-20-19-31-23-26(2)39-37(41-29)43(31)32/h23,26-30,32-33H,5-22,24-25H2,1-4H3,(H,39,41)(H,40,42)/t26-,27+,28-,29+,30+,32-,33-/m0/s1. The average Bonchev–Trinajstić information content (AvgIpc) is 3.63. The van der Waals surface area contributed by atoms with Crippen LogP contribution in [0.1, 0.15) is 156 Å². The van der Waals surface area contributed by atoms with Gasteiger partial charge in [-0.25, -0.2) is 14.8 Å². The number of ether oxygens (including phenoxy) is 1. The van der Waals surface area contributed by atoms with Gasteiger partial charge in [0.1, 0.15) is 0 Å². The molecular formula is C38H62N6O2. The van der Waals surface area contributed by atoms with Crippen LogP contribution in [0.4, 0.5) is 0 Å². The van der Waals surface area contributed by atoms with Crippen molar-refractivity contribution >= 4 is 17.9 Å². The molecule has 0 aliphatic carbocycles. The molecule has 0 aromatic heterocycles. The van der Waals surface area contributed by atoms with Gasteiger partial charge in [0.15, 0.2) is 11.9 Å². The summed E-state index contributed by atoms with van der Waals surface area (Å²) in [6, 6.07) is 2.33. The number of nitrogens with zero attached hydrogens (tertiary/aromatic N) is 4. The number of nitrogens with one attached hydrogen (secondary N) is 2. The molecule has 46 heavy (non-hydrogen) atoms.